The number of hydrogen-bond acceptors (Lipinski definition) is 4. The maximum Gasteiger partial charge on any atom is 0.240 e. The highest BCUT2D eigenvalue weighted by atomic mass is 32.2. The van der Waals surface area contributed by atoms with E-state index in [1.165, 1.54) is 11.3 Å². The van der Waals surface area contributed by atoms with Crippen molar-refractivity contribution in [3.05, 3.63) is 78.4 Å². The van der Waals surface area contributed by atoms with Crippen molar-refractivity contribution in [2.75, 3.05) is 30.9 Å². The van der Waals surface area contributed by atoms with Crippen LogP contribution >= 0.6 is 0 Å². The average Bonchev–Trinajstić information content (AvgIpc) is 3.21. The van der Waals surface area contributed by atoms with E-state index in [1.807, 2.05) is 26.2 Å². The third kappa shape index (κ3) is 3.70. The van der Waals surface area contributed by atoms with Crippen LogP contribution in [-0.2, 0) is 10.0 Å². The van der Waals surface area contributed by atoms with Crippen molar-refractivity contribution in [2.45, 2.75) is 23.3 Å². The Bertz CT molecular complexity index is 1040. The maximum absolute atomic E-state index is 12.5. The van der Waals surface area contributed by atoms with Crippen LogP contribution in [0.1, 0.15) is 29.5 Å². The van der Waals surface area contributed by atoms with Crippen molar-refractivity contribution in [1.82, 2.24) is 4.72 Å². The summed E-state index contributed by atoms with van der Waals surface area (Å²) < 4.78 is 27.6. The van der Waals surface area contributed by atoms with Crippen LogP contribution in [0.2, 0.25) is 0 Å². The minimum Gasteiger partial charge on any atom is -0.378 e. The van der Waals surface area contributed by atoms with Gasteiger partial charge in [0.1, 0.15) is 0 Å². The first-order chi connectivity index (χ1) is 13.9. The number of rotatable bonds is 6. The third-order valence-corrected chi connectivity index (χ3v) is 7.25. The molecule has 0 spiro atoms. The monoisotopic (exact) mass is 409 g/mol. The first kappa shape index (κ1) is 19.7. The number of hydrogen-bond donors (Lipinski definition) is 2. The molecule has 0 saturated carbocycles. The quantitative estimate of drug-likeness (QED) is 0.707. The molecule has 1 heterocycles. The number of nitrogens with one attached hydrogen (secondary N) is 2. The summed E-state index contributed by atoms with van der Waals surface area (Å²) in [5.41, 5.74) is 4.48. The second-order valence-corrected chi connectivity index (χ2v) is 9.62. The van der Waals surface area contributed by atoms with Crippen molar-refractivity contribution >= 4 is 21.4 Å². The number of benzene rings is 2. The van der Waals surface area contributed by atoms with Crippen molar-refractivity contribution in [3.63, 3.8) is 0 Å². The summed E-state index contributed by atoms with van der Waals surface area (Å²) in [5, 5.41) is 3.67. The van der Waals surface area contributed by atoms with E-state index < -0.39 is 10.0 Å². The highest BCUT2D eigenvalue weighted by Crippen LogP contribution is 2.50. The van der Waals surface area contributed by atoms with Crippen LogP contribution in [-0.4, -0.2) is 29.1 Å². The molecule has 3 unspecified atom stereocenters. The van der Waals surface area contributed by atoms with Gasteiger partial charge in [-0.15, -0.1) is 6.58 Å². The van der Waals surface area contributed by atoms with Gasteiger partial charge in [-0.1, -0.05) is 30.4 Å². The topological polar surface area (TPSA) is 61.4 Å². The molecule has 0 fully saturated rings. The van der Waals surface area contributed by atoms with Crippen molar-refractivity contribution in [1.29, 1.82) is 0 Å². The SMILES string of the molecule is C=CCNS(=O)(=O)c1ccc2c(c1)C1C=CCC1C(c1ccc(N(C)C)cc1)N2. The van der Waals surface area contributed by atoms with Crippen LogP contribution < -0.4 is 14.9 Å². The van der Waals surface area contributed by atoms with Crippen LogP contribution in [0.3, 0.4) is 0 Å². The zero-order valence-electron chi connectivity index (χ0n) is 16.8. The summed E-state index contributed by atoms with van der Waals surface area (Å²) in [5.74, 6) is 0.575. The fourth-order valence-corrected chi connectivity index (χ4v) is 5.33. The Morgan fingerprint density at radius 3 is 2.66 bits per heavy atom. The van der Waals surface area contributed by atoms with E-state index in [0.717, 1.165) is 17.7 Å². The Hall–Kier alpha value is -2.57. The minimum atomic E-state index is -3.54. The first-order valence-corrected chi connectivity index (χ1v) is 11.3. The van der Waals surface area contributed by atoms with Gasteiger partial charge in [0.2, 0.25) is 10.0 Å². The molecule has 0 saturated heterocycles. The predicted octanol–water partition coefficient (Wildman–Crippen LogP) is 4.04. The van der Waals surface area contributed by atoms with Crippen LogP contribution in [0.25, 0.3) is 0 Å². The Morgan fingerprint density at radius 2 is 1.97 bits per heavy atom. The summed E-state index contributed by atoms with van der Waals surface area (Å²) >= 11 is 0. The standard InChI is InChI=1S/C23H27N3O2S/c1-4-14-24-29(27,28)18-12-13-22-21(15-18)19-6-5-7-20(19)23(25-22)16-8-10-17(11-9-16)26(2)3/h4-6,8-13,15,19-20,23-25H,1,7,14H2,2-3H3. The maximum atomic E-state index is 12.5. The summed E-state index contributed by atoms with van der Waals surface area (Å²) in [6.07, 6.45) is 6.95. The number of anilines is 2. The minimum absolute atomic E-state index is 0.195. The lowest BCUT2D eigenvalue weighted by molar-refractivity contribution is 0.425. The van der Waals surface area contributed by atoms with Gasteiger partial charge in [0.15, 0.2) is 0 Å². The Morgan fingerprint density at radius 1 is 1.21 bits per heavy atom. The number of allylic oxidation sites excluding steroid dienone is 2. The molecule has 4 rings (SSSR count). The zero-order valence-corrected chi connectivity index (χ0v) is 17.6. The van der Waals surface area contributed by atoms with Gasteiger partial charge in [-0.25, -0.2) is 13.1 Å². The molecule has 2 aliphatic rings. The molecule has 6 heteroatoms. The lowest BCUT2D eigenvalue weighted by atomic mass is 9.77. The average molecular weight is 410 g/mol. The number of nitrogens with zero attached hydrogens (tertiary/aromatic N) is 1. The lowest BCUT2D eigenvalue weighted by Crippen LogP contribution is -2.30. The zero-order chi connectivity index (χ0) is 20.6. The summed E-state index contributed by atoms with van der Waals surface area (Å²) in [7, 11) is 0.536. The normalized spacial score (nSPS) is 22.5. The summed E-state index contributed by atoms with van der Waals surface area (Å²) in [6.45, 7) is 3.79. The smallest absolute Gasteiger partial charge is 0.240 e. The van der Waals surface area contributed by atoms with E-state index in [9.17, 15) is 8.42 Å². The van der Waals surface area contributed by atoms with Gasteiger partial charge in [0.25, 0.3) is 0 Å². The van der Waals surface area contributed by atoms with E-state index >= 15 is 0 Å². The van der Waals surface area contributed by atoms with Gasteiger partial charge < -0.3 is 10.2 Å². The Kier molecular flexibility index (Phi) is 5.23. The van der Waals surface area contributed by atoms with Gasteiger partial charge >= 0.3 is 0 Å². The predicted molar refractivity (Wildman–Crippen MR) is 119 cm³/mol. The molecule has 3 atom stereocenters. The lowest BCUT2D eigenvalue weighted by Gasteiger charge is -2.38. The van der Waals surface area contributed by atoms with Crippen LogP contribution in [0, 0.1) is 5.92 Å². The molecule has 0 amide bonds. The molecular weight excluding hydrogens is 382 g/mol. The van der Waals surface area contributed by atoms with Gasteiger partial charge in [0.05, 0.1) is 10.9 Å². The van der Waals surface area contributed by atoms with Crippen LogP contribution in [0.15, 0.2) is 72.2 Å². The van der Waals surface area contributed by atoms with Gasteiger partial charge in [0, 0.05) is 37.9 Å². The Balaban J connectivity index is 1.68. The van der Waals surface area contributed by atoms with E-state index in [0.29, 0.717) is 10.8 Å². The molecule has 2 aromatic rings. The van der Waals surface area contributed by atoms with Gasteiger partial charge in [-0.2, -0.15) is 0 Å². The molecule has 0 aromatic heterocycles. The molecular formula is C23H27N3O2S. The van der Waals surface area contributed by atoms with E-state index in [4.69, 9.17) is 0 Å². The number of sulfonamides is 1. The molecule has 1 aliphatic carbocycles. The molecule has 0 radical (unpaired) electrons. The second-order valence-electron chi connectivity index (χ2n) is 7.85. The molecule has 1 aliphatic heterocycles. The highest BCUT2D eigenvalue weighted by molar-refractivity contribution is 7.89. The van der Waals surface area contributed by atoms with E-state index in [2.05, 4.69) is 57.9 Å². The Labute approximate surface area is 173 Å². The van der Waals surface area contributed by atoms with Crippen molar-refractivity contribution in [2.24, 2.45) is 5.92 Å². The van der Waals surface area contributed by atoms with Gasteiger partial charge in [-0.3, -0.25) is 0 Å². The molecule has 29 heavy (non-hydrogen) atoms. The fourth-order valence-electron chi connectivity index (χ4n) is 4.30. The van der Waals surface area contributed by atoms with Crippen molar-refractivity contribution < 1.29 is 8.42 Å². The van der Waals surface area contributed by atoms with E-state index in [1.54, 1.807) is 12.1 Å². The fraction of sp³-hybridized carbons (Fsp3) is 0.304. The van der Waals surface area contributed by atoms with Crippen LogP contribution in [0.5, 0.6) is 0 Å². The van der Waals surface area contributed by atoms with Crippen LogP contribution in [0.4, 0.5) is 11.4 Å². The third-order valence-electron chi connectivity index (χ3n) is 5.83. The first-order valence-electron chi connectivity index (χ1n) is 9.85. The summed E-state index contributed by atoms with van der Waals surface area (Å²) in [6, 6.07) is 14.2. The molecule has 152 valence electrons. The van der Waals surface area contributed by atoms with E-state index in [-0.39, 0.29) is 18.5 Å². The van der Waals surface area contributed by atoms with Gasteiger partial charge in [-0.05, 0) is 53.8 Å². The summed E-state index contributed by atoms with van der Waals surface area (Å²) in [4.78, 5) is 2.39. The molecule has 5 nitrogen and oxygen atoms in total. The highest BCUT2D eigenvalue weighted by Gasteiger charge is 2.38. The largest absolute Gasteiger partial charge is 0.378 e. The molecule has 2 N–H and O–H groups in total. The second kappa shape index (κ2) is 7.69. The van der Waals surface area contributed by atoms with Crippen molar-refractivity contribution in [3.8, 4) is 0 Å². The molecule has 2 aromatic carbocycles. The number of fused-ring (bicyclic) bond motifs is 3. The molecule has 0 bridgehead atoms.